The molecule has 0 radical (unpaired) electrons. The standard InChI is InChI=1S/C11H6Cl4N2/c12-9-8(7-4-2-1-3-5-7)6-16-10(17-9)11(13,14)15/h1-6H. The summed E-state index contributed by atoms with van der Waals surface area (Å²) in [6.45, 7) is 0. The van der Waals surface area contributed by atoms with Crippen molar-refractivity contribution in [1.82, 2.24) is 9.97 Å². The molecule has 0 saturated carbocycles. The summed E-state index contributed by atoms with van der Waals surface area (Å²) in [5.41, 5.74) is 1.61. The topological polar surface area (TPSA) is 25.8 Å². The Morgan fingerprint density at radius 1 is 1.00 bits per heavy atom. The maximum absolute atomic E-state index is 6.04. The van der Waals surface area contributed by atoms with Crippen LogP contribution in [0.3, 0.4) is 0 Å². The molecule has 0 unspecified atom stereocenters. The smallest absolute Gasteiger partial charge is 0.236 e. The van der Waals surface area contributed by atoms with E-state index in [-0.39, 0.29) is 11.0 Å². The van der Waals surface area contributed by atoms with E-state index < -0.39 is 3.79 Å². The zero-order valence-corrected chi connectivity index (χ0v) is 11.4. The van der Waals surface area contributed by atoms with Crippen molar-refractivity contribution in [2.24, 2.45) is 0 Å². The largest absolute Gasteiger partial charge is 0.250 e. The van der Waals surface area contributed by atoms with E-state index in [0.717, 1.165) is 5.56 Å². The van der Waals surface area contributed by atoms with Crippen LogP contribution in [0.25, 0.3) is 11.1 Å². The molecule has 0 fully saturated rings. The molecule has 0 spiro atoms. The molecule has 6 heteroatoms. The Balaban J connectivity index is 2.46. The Morgan fingerprint density at radius 3 is 2.18 bits per heavy atom. The van der Waals surface area contributed by atoms with E-state index in [2.05, 4.69) is 9.97 Å². The first-order valence-electron chi connectivity index (χ1n) is 4.63. The van der Waals surface area contributed by atoms with Crippen molar-refractivity contribution in [2.45, 2.75) is 3.79 Å². The lowest BCUT2D eigenvalue weighted by Crippen LogP contribution is -2.07. The van der Waals surface area contributed by atoms with Crippen LogP contribution in [0, 0.1) is 0 Å². The van der Waals surface area contributed by atoms with Crippen LogP contribution in [0.15, 0.2) is 36.5 Å². The monoisotopic (exact) mass is 306 g/mol. The lowest BCUT2D eigenvalue weighted by Gasteiger charge is -2.10. The van der Waals surface area contributed by atoms with E-state index in [9.17, 15) is 0 Å². The first-order chi connectivity index (χ1) is 7.98. The van der Waals surface area contributed by atoms with Gasteiger partial charge in [0.2, 0.25) is 3.79 Å². The predicted molar refractivity (Wildman–Crippen MR) is 71.7 cm³/mol. The second kappa shape index (κ2) is 4.99. The van der Waals surface area contributed by atoms with Gasteiger partial charge in [-0.2, -0.15) is 0 Å². The van der Waals surface area contributed by atoms with Gasteiger partial charge in [0.25, 0.3) is 0 Å². The molecule has 1 aromatic heterocycles. The minimum atomic E-state index is -1.67. The molecule has 2 nitrogen and oxygen atoms in total. The summed E-state index contributed by atoms with van der Waals surface area (Å²) in [5.74, 6) is 0.0622. The average Bonchev–Trinajstić information content (AvgIpc) is 2.29. The summed E-state index contributed by atoms with van der Waals surface area (Å²) in [5, 5.41) is 0.257. The van der Waals surface area contributed by atoms with Crippen LogP contribution in [-0.4, -0.2) is 9.97 Å². The Hall–Kier alpha value is -0.540. The first-order valence-corrected chi connectivity index (χ1v) is 6.15. The highest BCUT2D eigenvalue weighted by molar-refractivity contribution is 6.66. The molecule has 2 rings (SSSR count). The Kier molecular flexibility index (Phi) is 3.79. The molecule has 0 saturated heterocycles. The molecule has 2 aromatic rings. The molecule has 0 amide bonds. The highest BCUT2D eigenvalue weighted by Gasteiger charge is 2.27. The minimum Gasteiger partial charge on any atom is -0.236 e. The fraction of sp³-hybridized carbons (Fsp3) is 0.0909. The second-order valence-corrected chi connectivity index (χ2v) is 5.90. The summed E-state index contributed by atoms with van der Waals surface area (Å²) >= 11 is 23.1. The predicted octanol–water partition coefficient (Wildman–Crippen LogP) is 4.62. The minimum absolute atomic E-state index is 0.0622. The van der Waals surface area contributed by atoms with Gasteiger partial charge in [0.15, 0.2) is 5.82 Å². The fourth-order valence-electron chi connectivity index (χ4n) is 1.31. The third-order valence-electron chi connectivity index (χ3n) is 2.08. The van der Waals surface area contributed by atoms with Gasteiger partial charge in [-0.25, -0.2) is 9.97 Å². The fourth-order valence-corrected chi connectivity index (χ4v) is 1.82. The molecular weight excluding hydrogens is 302 g/mol. The molecule has 0 atom stereocenters. The molecule has 0 bridgehead atoms. The van der Waals surface area contributed by atoms with Crippen molar-refractivity contribution < 1.29 is 0 Å². The van der Waals surface area contributed by atoms with Gasteiger partial charge in [0.05, 0.1) is 0 Å². The van der Waals surface area contributed by atoms with Crippen LogP contribution in [0.1, 0.15) is 5.82 Å². The number of nitrogens with zero attached hydrogens (tertiary/aromatic N) is 2. The number of aromatic nitrogens is 2. The van der Waals surface area contributed by atoms with Gasteiger partial charge < -0.3 is 0 Å². The number of rotatable bonds is 1. The number of alkyl halides is 3. The lowest BCUT2D eigenvalue weighted by atomic mass is 10.1. The molecular formula is C11H6Cl4N2. The molecule has 0 aliphatic rings. The number of halogens is 4. The van der Waals surface area contributed by atoms with E-state index in [0.29, 0.717) is 5.56 Å². The van der Waals surface area contributed by atoms with E-state index in [4.69, 9.17) is 46.4 Å². The summed E-state index contributed by atoms with van der Waals surface area (Å²) in [6, 6.07) is 9.51. The van der Waals surface area contributed by atoms with Crippen LogP contribution >= 0.6 is 46.4 Å². The van der Waals surface area contributed by atoms with Crippen LogP contribution in [0.5, 0.6) is 0 Å². The summed E-state index contributed by atoms with van der Waals surface area (Å²) in [7, 11) is 0. The first kappa shape index (κ1) is 12.9. The zero-order valence-electron chi connectivity index (χ0n) is 8.37. The second-order valence-electron chi connectivity index (χ2n) is 3.26. The maximum atomic E-state index is 6.04. The molecule has 0 N–H and O–H groups in total. The van der Waals surface area contributed by atoms with Crippen LogP contribution in [0.4, 0.5) is 0 Å². The average molecular weight is 308 g/mol. The van der Waals surface area contributed by atoms with Crippen molar-refractivity contribution in [2.75, 3.05) is 0 Å². The van der Waals surface area contributed by atoms with E-state index in [1.165, 1.54) is 0 Å². The zero-order chi connectivity index (χ0) is 12.5. The van der Waals surface area contributed by atoms with Gasteiger partial charge in [0, 0.05) is 11.8 Å². The highest BCUT2D eigenvalue weighted by Crippen LogP contribution is 2.37. The Bertz CT molecular complexity index is 523. The molecule has 88 valence electrons. The van der Waals surface area contributed by atoms with Gasteiger partial charge in [0.1, 0.15) is 5.15 Å². The molecule has 1 aromatic carbocycles. The molecule has 0 aliphatic heterocycles. The quantitative estimate of drug-likeness (QED) is 0.567. The van der Waals surface area contributed by atoms with Crippen molar-refractivity contribution in [3.63, 3.8) is 0 Å². The van der Waals surface area contributed by atoms with Crippen LogP contribution in [-0.2, 0) is 3.79 Å². The van der Waals surface area contributed by atoms with E-state index in [1.807, 2.05) is 30.3 Å². The van der Waals surface area contributed by atoms with Crippen LogP contribution in [0.2, 0.25) is 5.15 Å². The highest BCUT2D eigenvalue weighted by atomic mass is 35.6. The number of hydrogen-bond acceptors (Lipinski definition) is 2. The van der Waals surface area contributed by atoms with Gasteiger partial charge in [-0.1, -0.05) is 76.7 Å². The van der Waals surface area contributed by atoms with E-state index in [1.54, 1.807) is 6.20 Å². The van der Waals surface area contributed by atoms with Crippen molar-refractivity contribution in [3.8, 4) is 11.1 Å². The lowest BCUT2D eigenvalue weighted by molar-refractivity contribution is 0.971. The van der Waals surface area contributed by atoms with Gasteiger partial charge in [-0.3, -0.25) is 0 Å². The van der Waals surface area contributed by atoms with Gasteiger partial charge in [-0.05, 0) is 5.56 Å². The Morgan fingerprint density at radius 2 is 1.65 bits per heavy atom. The SMILES string of the molecule is Clc1nc(C(Cl)(Cl)Cl)ncc1-c1ccccc1. The normalized spacial score (nSPS) is 11.5. The van der Waals surface area contributed by atoms with Crippen molar-refractivity contribution in [3.05, 3.63) is 47.5 Å². The third kappa shape index (κ3) is 3.02. The van der Waals surface area contributed by atoms with E-state index >= 15 is 0 Å². The molecule has 17 heavy (non-hydrogen) atoms. The molecule has 0 aliphatic carbocycles. The summed E-state index contributed by atoms with van der Waals surface area (Å²) < 4.78 is -1.67. The molecule has 1 heterocycles. The van der Waals surface area contributed by atoms with Crippen LogP contribution < -0.4 is 0 Å². The summed E-state index contributed by atoms with van der Waals surface area (Å²) in [6.07, 6.45) is 1.54. The number of hydrogen-bond donors (Lipinski definition) is 0. The van der Waals surface area contributed by atoms with Crippen molar-refractivity contribution >= 4 is 46.4 Å². The summed E-state index contributed by atoms with van der Waals surface area (Å²) in [4.78, 5) is 7.98. The van der Waals surface area contributed by atoms with Crippen molar-refractivity contribution in [1.29, 1.82) is 0 Å². The Labute approximate surface area is 119 Å². The third-order valence-corrected chi connectivity index (χ3v) is 2.88. The van der Waals surface area contributed by atoms with Gasteiger partial charge in [-0.15, -0.1) is 0 Å². The van der Waals surface area contributed by atoms with Gasteiger partial charge >= 0.3 is 0 Å². The number of benzene rings is 1. The maximum Gasteiger partial charge on any atom is 0.250 e.